The monoisotopic (exact) mass is 260 g/mol. The molecule has 3 heteroatoms. The minimum atomic E-state index is 0.232. The number of hydrazine groups is 1. The van der Waals surface area contributed by atoms with Crippen LogP contribution in [0.1, 0.15) is 36.1 Å². The van der Waals surface area contributed by atoms with Crippen molar-refractivity contribution in [2.45, 2.75) is 32.2 Å². The minimum Gasteiger partial charge on any atom is -0.271 e. The van der Waals surface area contributed by atoms with Crippen LogP contribution in [0.25, 0.3) is 0 Å². The van der Waals surface area contributed by atoms with Crippen LogP contribution in [0.5, 0.6) is 0 Å². The van der Waals surface area contributed by atoms with E-state index in [1.54, 1.807) is 11.3 Å². The Morgan fingerprint density at radius 2 is 1.94 bits per heavy atom. The van der Waals surface area contributed by atoms with Crippen LogP contribution < -0.4 is 11.3 Å². The first kappa shape index (κ1) is 13.3. The number of aryl methyl sites for hydroxylation is 2. The van der Waals surface area contributed by atoms with Gasteiger partial charge in [0, 0.05) is 6.04 Å². The van der Waals surface area contributed by atoms with Crippen LogP contribution >= 0.6 is 11.3 Å². The van der Waals surface area contributed by atoms with Gasteiger partial charge in [0.25, 0.3) is 0 Å². The Kier molecular flexibility index (Phi) is 4.93. The van der Waals surface area contributed by atoms with Crippen LogP contribution in [0.4, 0.5) is 0 Å². The third kappa shape index (κ3) is 3.42. The lowest BCUT2D eigenvalue weighted by Gasteiger charge is -2.16. The molecule has 0 aliphatic heterocycles. The van der Waals surface area contributed by atoms with Crippen LogP contribution in [0.2, 0.25) is 0 Å². The first-order valence-corrected chi connectivity index (χ1v) is 7.33. The first-order valence-electron chi connectivity index (χ1n) is 6.39. The van der Waals surface area contributed by atoms with Crippen molar-refractivity contribution in [3.05, 3.63) is 57.8 Å². The Morgan fingerprint density at radius 3 is 2.50 bits per heavy atom. The van der Waals surface area contributed by atoms with Gasteiger partial charge >= 0.3 is 0 Å². The Morgan fingerprint density at radius 1 is 1.17 bits per heavy atom. The van der Waals surface area contributed by atoms with Crippen molar-refractivity contribution >= 4 is 11.3 Å². The maximum absolute atomic E-state index is 5.67. The second-order valence-corrected chi connectivity index (χ2v) is 5.26. The first-order chi connectivity index (χ1) is 8.83. The molecule has 0 radical (unpaired) electrons. The van der Waals surface area contributed by atoms with Crippen molar-refractivity contribution in [3.63, 3.8) is 0 Å². The summed E-state index contributed by atoms with van der Waals surface area (Å²) in [5, 5.41) is 4.32. The summed E-state index contributed by atoms with van der Waals surface area (Å²) >= 11 is 1.75. The van der Waals surface area contributed by atoms with E-state index >= 15 is 0 Å². The molecule has 0 saturated heterocycles. The number of hydrogen-bond donors (Lipinski definition) is 2. The van der Waals surface area contributed by atoms with Crippen LogP contribution in [0, 0.1) is 0 Å². The van der Waals surface area contributed by atoms with E-state index in [1.807, 2.05) is 0 Å². The van der Waals surface area contributed by atoms with E-state index in [0.29, 0.717) is 0 Å². The lowest BCUT2D eigenvalue weighted by atomic mass is 9.99. The molecule has 0 amide bonds. The molecular formula is C15H20N2S. The van der Waals surface area contributed by atoms with E-state index in [2.05, 4.69) is 53.4 Å². The Bertz CT molecular complexity index is 448. The van der Waals surface area contributed by atoms with Crippen molar-refractivity contribution in [2.75, 3.05) is 0 Å². The summed E-state index contributed by atoms with van der Waals surface area (Å²) in [6, 6.07) is 11.1. The molecule has 1 aromatic heterocycles. The summed E-state index contributed by atoms with van der Waals surface area (Å²) in [6.45, 7) is 2.17. The van der Waals surface area contributed by atoms with Gasteiger partial charge in [-0.1, -0.05) is 31.2 Å². The van der Waals surface area contributed by atoms with E-state index in [0.717, 1.165) is 19.3 Å². The molecule has 0 aliphatic carbocycles. The largest absolute Gasteiger partial charge is 0.271 e. The fraction of sp³-hybridized carbons (Fsp3) is 0.333. The van der Waals surface area contributed by atoms with Crippen molar-refractivity contribution in [2.24, 2.45) is 5.84 Å². The van der Waals surface area contributed by atoms with Crippen LogP contribution in [-0.2, 0) is 12.8 Å². The predicted octanol–water partition coefficient (Wildman–Crippen LogP) is 3.45. The highest BCUT2D eigenvalue weighted by molar-refractivity contribution is 7.07. The molecule has 0 fully saturated rings. The van der Waals surface area contributed by atoms with Crippen LogP contribution in [0.3, 0.4) is 0 Å². The third-order valence-corrected chi connectivity index (χ3v) is 4.03. The Labute approximate surface area is 113 Å². The van der Waals surface area contributed by atoms with Crippen molar-refractivity contribution in [3.8, 4) is 0 Å². The summed E-state index contributed by atoms with van der Waals surface area (Å²) in [4.78, 5) is 0. The zero-order valence-corrected chi connectivity index (χ0v) is 11.5. The molecule has 2 aromatic rings. The van der Waals surface area contributed by atoms with Crippen molar-refractivity contribution in [1.82, 2.24) is 5.43 Å². The molecule has 2 nitrogen and oxygen atoms in total. The molecule has 1 atom stereocenters. The molecule has 3 N–H and O–H groups in total. The molecule has 0 bridgehead atoms. The molecule has 2 rings (SSSR count). The molecule has 1 aromatic carbocycles. The zero-order chi connectivity index (χ0) is 12.8. The topological polar surface area (TPSA) is 38.0 Å². The number of hydrogen-bond acceptors (Lipinski definition) is 3. The fourth-order valence-corrected chi connectivity index (χ4v) is 2.78. The van der Waals surface area contributed by atoms with Gasteiger partial charge in [-0.25, -0.2) is 0 Å². The van der Waals surface area contributed by atoms with E-state index in [9.17, 15) is 0 Å². The number of rotatable bonds is 6. The second kappa shape index (κ2) is 6.69. The Balaban J connectivity index is 1.98. The summed E-state index contributed by atoms with van der Waals surface area (Å²) in [7, 11) is 0. The highest BCUT2D eigenvalue weighted by Gasteiger charge is 2.09. The summed E-state index contributed by atoms with van der Waals surface area (Å²) < 4.78 is 0. The number of nitrogens with two attached hydrogens (primary N) is 1. The molecule has 0 aliphatic rings. The molecular weight excluding hydrogens is 240 g/mol. The van der Waals surface area contributed by atoms with Gasteiger partial charge in [0.15, 0.2) is 0 Å². The fourth-order valence-electron chi connectivity index (χ4n) is 2.08. The molecule has 0 saturated carbocycles. The van der Waals surface area contributed by atoms with Gasteiger partial charge < -0.3 is 0 Å². The van der Waals surface area contributed by atoms with Gasteiger partial charge in [0.1, 0.15) is 0 Å². The molecule has 0 spiro atoms. The average Bonchev–Trinajstić information content (AvgIpc) is 2.93. The van der Waals surface area contributed by atoms with E-state index in [-0.39, 0.29) is 6.04 Å². The molecule has 1 heterocycles. The van der Waals surface area contributed by atoms with Crippen LogP contribution in [-0.4, -0.2) is 0 Å². The molecule has 18 heavy (non-hydrogen) atoms. The van der Waals surface area contributed by atoms with E-state index < -0.39 is 0 Å². The van der Waals surface area contributed by atoms with E-state index in [1.165, 1.54) is 16.7 Å². The van der Waals surface area contributed by atoms with E-state index in [4.69, 9.17) is 5.84 Å². The predicted molar refractivity (Wildman–Crippen MR) is 78.5 cm³/mol. The number of benzene rings is 1. The normalized spacial score (nSPS) is 12.6. The maximum Gasteiger partial charge on any atom is 0.0463 e. The van der Waals surface area contributed by atoms with Gasteiger partial charge in [-0.05, 0) is 52.8 Å². The smallest absolute Gasteiger partial charge is 0.0463 e. The zero-order valence-electron chi connectivity index (χ0n) is 10.7. The highest BCUT2D eigenvalue weighted by Crippen LogP contribution is 2.20. The summed E-state index contributed by atoms with van der Waals surface area (Å²) in [5.41, 5.74) is 6.95. The molecule has 96 valence electrons. The lowest BCUT2D eigenvalue weighted by molar-refractivity contribution is 0.516. The average molecular weight is 260 g/mol. The van der Waals surface area contributed by atoms with Crippen molar-refractivity contribution < 1.29 is 0 Å². The Hall–Kier alpha value is -1.16. The van der Waals surface area contributed by atoms with Crippen LogP contribution in [0.15, 0.2) is 41.1 Å². The lowest BCUT2D eigenvalue weighted by Crippen LogP contribution is -2.28. The number of thiophene rings is 1. The van der Waals surface area contributed by atoms with Gasteiger partial charge in [-0.3, -0.25) is 11.3 Å². The van der Waals surface area contributed by atoms with Gasteiger partial charge in [0.2, 0.25) is 0 Å². The minimum absolute atomic E-state index is 0.232. The van der Waals surface area contributed by atoms with Gasteiger partial charge in [-0.15, -0.1) is 0 Å². The third-order valence-electron chi connectivity index (χ3n) is 3.29. The number of nitrogens with one attached hydrogen (secondary N) is 1. The quantitative estimate of drug-likeness (QED) is 0.616. The SMILES string of the molecule is CCc1ccc(C(CCc2ccsc2)NN)cc1. The highest BCUT2D eigenvalue weighted by atomic mass is 32.1. The second-order valence-electron chi connectivity index (χ2n) is 4.48. The van der Waals surface area contributed by atoms with Gasteiger partial charge in [0.05, 0.1) is 0 Å². The summed E-state index contributed by atoms with van der Waals surface area (Å²) in [5.74, 6) is 5.67. The summed E-state index contributed by atoms with van der Waals surface area (Å²) in [6.07, 6.45) is 3.17. The maximum atomic E-state index is 5.67. The standard InChI is InChI=1S/C15H20N2S/c1-2-12-3-6-14(7-4-12)15(17-16)8-5-13-9-10-18-11-13/h3-4,6-7,9-11,15,17H,2,5,8,16H2,1H3. The molecule has 1 unspecified atom stereocenters. The van der Waals surface area contributed by atoms with Gasteiger partial charge in [-0.2, -0.15) is 11.3 Å². The van der Waals surface area contributed by atoms with Crippen molar-refractivity contribution in [1.29, 1.82) is 0 Å².